The van der Waals surface area contributed by atoms with E-state index < -0.39 is 6.10 Å². The zero-order chi connectivity index (χ0) is 48.6. The highest BCUT2D eigenvalue weighted by Crippen LogP contribution is 2.17. The van der Waals surface area contributed by atoms with Crippen molar-refractivity contribution in [3.05, 3.63) is 12.2 Å². The molecule has 0 aromatic carbocycles. The SMILES string of the molecule is CCCCCCCC/C=C\CCCCCCCCCCCC(=O)OCC(COC(=O)CCCCCCCCCCCCCCC)OC(=O)CCCCCCCCCCCCCCCCCCC. The first-order chi connectivity index (χ1) is 33.0. The number of hydrogen-bond acceptors (Lipinski definition) is 6. The Bertz CT molecular complexity index is 1040. The van der Waals surface area contributed by atoms with Gasteiger partial charge in [-0.2, -0.15) is 0 Å². The van der Waals surface area contributed by atoms with Crippen LogP contribution >= 0.6 is 0 Å². The number of carbonyl (C=O) groups excluding carboxylic acids is 3. The van der Waals surface area contributed by atoms with Crippen LogP contribution in [0, 0.1) is 0 Å². The summed E-state index contributed by atoms with van der Waals surface area (Å²) in [4.78, 5) is 38.2. The maximum Gasteiger partial charge on any atom is 0.306 e. The van der Waals surface area contributed by atoms with Gasteiger partial charge in [-0.05, 0) is 44.9 Å². The molecule has 0 heterocycles. The third kappa shape index (κ3) is 55.0. The summed E-state index contributed by atoms with van der Waals surface area (Å²) in [7, 11) is 0. The maximum absolute atomic E-state index is 12.9. The second-order valence-electron chi connectivity index (χ2n) is 20.6. The first kappa shape index (κ1) is 65.1. The number of esters is 3. The molecule has 0 aliphatic rings. The van der Waals surface area contributed by atoms with Crippen LogP contribution in [0.4, 0.5) is 0 Å². The van der Waals surface area contributed by atoms with E-state index in [1.165, 1.54) is 244 Å². The third-order valence-electron chi connectivity index (χ3n) is 13.8. The number of rotatable bonds is 56. The Balaban J connectivity index is 4.29. The van der Waals surface area contributed by atoms with Crippen molar-refractivity contribution in [2.75, 3.05) is 13.2 Å². The summed E-state index contributed by atoms with van der Waals surface area (Å²) in [6.07, 6.45) is 64.9. The van der Waals surface area contributed by atoms with E-state index in [4.69, 9.17) is 14.2 Å². The molecule has 0 aromatic heterocycles. The lowest BCUT2D eigenvalue weighted by Gasteiger charge is -2.18. The summed E-state index contributed by atoms with van der Waals surface area (Å²) in [5.41, 5.74) is 0. The number of ether oxygens (including phenoxy) is 3. The molecule has 1 unspecified atom stereocenters. The fraction of sp³-hybridized carbons (Fsp3) is 0.918. The Hall–Kier alpha value is -1.85. The molecule has 0 saturated carbocycles. The van der Waals surface area contributed by atoms with Gasteiger partial charge in [0.25, 0.3) is 0 Å². The van der Waals surface area contributed by atoms with E-state index in [0.29, 0.717) is 19.3 Å². The van der Waals surface area contributed by atoms with Gasteiger partial charge in [-0.1, -0.05) is 290 Å². The lowest BCUT2D eigenvalue weighted by molar-refractivity contribution is -0.167. The number of carbonyl (C=O) groups is 3. The summed E-state index contributed by atoms with van der Waals surface area (Å²) in [5, 5.41) is 0. The number of hydrogen-bond donors (Lipinski definition) is 0. The van der Waals surface area contributed by atoms with E-state index in [9.17, 15) is 14.4 Å². The number of allylic oxidation sites excluding steroid dienone is 2. The Morgan fingerprint density at radius 1 is 0.284 bits per heavy atom. The summed E-state index contributed by atoms with van der Waals surface area (Å²) < 4.78 is 16.9. The first-order valence-electron chi connectivity index (χ1n) is 30.2. The molecule has 6 heteroatoms. The van der Waals surface area contributed by atoms with Crippen molar-refractivity contribution in [1.82, 2.24) is 0 Å². The molecule has 0 N–H and O–H groups in total. The predicted octanol–water partition coefficient (Wildman–Crippen LogP) is 20.1. The van der Waals surface area contributed by atoms with Crippen LogP contribution < -0.4 is 0 Å². The lowest BCUT2D eigenvalue weighted by atomic mass is 10.0. The zero-order valence-electron chi connectivity index (χ0n) is 45.5. The van der Waals surface area contributed by atoms with Gasteiger partial charge in [-0.25, -0.2) is 0 Å². The molecule has 396 valence electrons. The minimum absolute atomic E-state index is 0.0642. The highest BCUT2D eigenvalue weighted by molar-refractivity contribution is 5.71. The van der Waals surface area contributed by atoms with Crippen LogP contribution in [0.25, 0.3) is 0 Å². The minimum atomic E-state index is -0.765. The van der Waals surface area contributed by atoms with Crippen molar-refractivity contribution < 1.29 is 28.6 Å². The quantitative estimate of drug-likeness (QED) is 0.0262. The van der Waals surface area contributed by atoms with E-state index in [0.717, 1.165) is 57.8 Å². The average molecular weight is 946 g/mol. The van der Waals surface area contributed by atoms with Crippen molar-refractivity contribution in [2.24, 2.45) is 0 Å². The fourth-order valence-electron chi connectivity index (χ4n) is 9.21. The van der Waals surface area contributed by atoms with Crippen LogP contribution in [0.15, 0.2) is 12.2 Å². The monoisotopic (exact) mass is 945 g/mol. The minimum Gasteiger partial charge on any atom is -0.462 e. The van der Waals surface area contributed by atoms with E-state index >= 15 is 0 Å². The van der Waals surface area contributed by atoms with E-state index in [1.807, 2.05) is 0 Å². The molecule has 0 bridgehead atoms. The largest absolute Gasteiger partial charge is 0.462 e. The molecule has 0 rings (SSSR count). The number of unbranched alkanes of at least 4 members (excludes halogenated alkanes) is 43. The molecule has 0 saturated heterocycles. The second-order valence-corrected chi connectivity index (χ2v) is 20.6. The predicted molar refractivity (Wildman–Crippen MR) is 289 cm³/mol. The molecule has 0 aliphatic carbocycles. The highest BCUT2D eigenvalue weighted by Gasteiger charge is 2.19. The van der Waals surface area contributed by atoms with E-state index in [-0.39, 0.29) is 31.1 Å². The van der Waals surface area contributed by atoms with Gasteiger partial charge < -0.3 is 14.2 Å². The van der Waals surface area contributed by atoms with Gasteiger partial charge in [-0.15, -0.1) is 0 Å². The van der Waals surface area contributed by atoms with Crippen molar-refractivity contribution in [3.8, 4) is 0 Å². The van der Waals surface area contributed by atoms with Crippen LogP contribution in [0.2, 0.25) is 0 Å². The molecule has 0 aliphatic heterocycles. The van der Waals surface area contributed by atoms with Crippen molar-refractivity contribution >= 4 is 17.9 Å². The smallest absolute Gasteiger partial charge is 0.306 e. The summed E-state index contributed by atoms with van der Waals surface area (Å²) in [6, 6.07) is 0. The Labute approximate surface area is 418 Å². The van der Waals surface area contributed by atoms with Crippen LogP contribution in [0.3, 0.4) is 0 Å². The molecule has 67 heavy (non-hydrogen) atoms. The normalized spacial score (nSPS) is 12.0. The van der Waals surface area contributed by atoms with Gasteiger partial charge in [0.15, 0.2) is 6.10 Å². The molecule has 0 fully saturated rings. The summed E-state index contributed by atoms with van der Waals surface area (Å²) in [5.74, 6) is -0.839. The molecule has 0 radical (unpaired) electrons. The molecule has 0 aromatic rings. The van der Waals surface area contributed by atoms with Crippen LogP contribution in [0.5, 0.6) is 0 Å². The Morgan fingerprint density at radius 3 is 0.746 bits per heavy atom. The highest BCUT2D eigenvalue weighted by atomic mass is 16.6. The van der Waals surface area contributed by atoms with Gasteiger partial charge in [-0.3, -0.25) is 14.4 Å². The molecular formula is C61H116O6. The molecule has 0 spiro atoms. The standard InChI is InChI=1S/C61H116O6/c1-4-7-10-13-16-19-22-25-27-29-30-32-33-36-39-42-45-48-51-54-60(63)66-57-58(56-65-59(62)53-50-47-44-41-38-35-24-21-18-15-12-9-6-3)67-61(64)55-52-49-46-43-40-37-34-31-28-26-23-20-17-14-11-8-5-2/h25,27,58H,4-24,26,28-57H2,1-3H3/b27-25-. The lowest BCUT2D eigenvalue weighted by Crippen LogP contribution is -2.30. The fourth-order valence-corrected chi connectivity index (χ4v) is 9.21. The molecule has 1 atom stereocenters. The molecule has 6 nitrogen and oxygen atoms in total. The zero-order valence-corrected chi connectivity index (χ0v) is 45.5. The van der Waals surface area contributed by atoms with Crippen LogP contribution in [0.1, 0.15) is 342 Å². The molecular weight excluding hydrogens is 829 g/mol. The van der Waals surface area contributed by atoms with Gasteiger partial charge >= 0.3 is 17.9 Å². The third-order valence-corrected chi connectivity index (χ3v) is 13.8. The van der Waals surface area contributed by atoms with Gasteiger partial charge in [0.05, 0.1) is 0 Å². The van der Waals surface area contributed by atoms with Gasteiger partial charge in [0.1, 0.15) is 13.2 Å². The van der Waals surface area contributed by atoms with Crippen molar-refractivity contribution in [1.29, 1.82) is 0 Å². The topological polar surface area (TPSA) is 78.9 Å². The average Bonchev–Trinajstić information content (AvgIpc) is 3.33. The Kier molecular flexibility index (Phi) is 55.2. The van der Waals surface area contributed by atoms with Crippen LogP contribution in [-0.2, 0) is 28.6 Å². The summed E-state index contributed by atoms with van der Waals surface area (Å²) >= 11 is 0. The maximum atomic E-state index is 12.9. The van der Waals surface area contributed by atoms with E-state index in [2.05, 4.69) is 32.9 Å². The van der Waals surface area contributed by atoms with Gasteiger partial charge in [0, 0.05) is 19.3 Å². The van der Waals surface area contributed by atoms with Crippen LogP contribution in [-0.4, -0.2) is 37.2 Å². The molecule has 0 amide bonds. The summed E-state index contributed by atoms with van der Waals surface area (Å²) in [6.45, 7) is 6.70. The van der Waals surface area contributed by atoms with Crippen molar-refractivity contribution in [2.45, 2.75) is 348 Å². The van der Waals surface area contributed by atoms with Gasteiger partial charge in [0.2, 0.25) is 0 Å². The van der Waals surface area contributed by atoms with Crippen molar-refractivity contribution in [3.63, 3.8) is 0 Å². The second kappa shape index (κ2) is 56.7. The van der Waals surface area contributed by atoms with E-state index in [1.54, 1.807) is 0 Å². The first-order valence-corrected chi connectivity index (χ1v) is 30.2. The Morgan fingerprint density at radius 2 is 0.493 bits per heavy atom.